The summed E-state index contributed by atoms with van der Waals surface area (Å²) in [6.07, 6.45) is -2.03. The van der Waals surface area contributed by atoms with Crippen molar-refractivity contribution in [3.63, 3.8) is 0 Å². The molecule has 2 rings (SSSR count). The molecule has 0 spiro atoms. The first kappa shape index (κ1) is 15.9. The van der Waals surface area contributed by atoms with Crippen LogP contribution >= 0.6 is 0 Å². The van der Waals surface area contributed by atoms with E-state index in [0.717, 1.165) is 5.56 Å². The molecule has 4 atom stereocenters. The summed E-state index contributed by atoms with van der Waals surface area (Å²) in [7, 11) is 0. The predicted molar refractivity (Wildman–Crippen MR) is 77.3 cm³/mol. The molecular formula is C15H22N2O4. The van der Waals surface area contributed by atoms with Crippen LogP contribution in [0.5, 0.6) is 0 Å². The van der Waals surface area contributed by atoms with Gasteiger partial charge in [-0.05, 0) is 5.56 Å². The Morgan fingerprint density at radius 3 is 2.38 bits per heavy atom. The highest BCUT2D eigenvalue weighted by Gasteiger charge is 2.46. The fraction of sp³-hybridized carbons (Fsp3) is 0.533. The predicted octanol–water partition coefficient (Wildman–Crippen LogP) is -0.910. The van der Waals surface area contributed by atoms with E-state index in [9.17, 15) is 20.1 Å². The third-order valence-corrected chi connectivity index (χ3v) is 3.95. The van der Waals surface area contributed by atoms with Gasteiger partial charge < -0.3 is 20.6 Å². The molecule has 0 radical (unpaired) electrons. The molecule has 1 saturated heterocycles. The molecule has 1 heterocycles. The molecule has 0 aliphatic carbocycles. The lowest BCUT2D eigenvalue weighted by Crippen LogP contribution is -2.46. The van der Waals surface area contributed by atoms with Crippen molar-refractivity contribution < 1.29 is 20.1 Å². The second-order valence-electron chi connectivity index (χ2n) is 5.39. The van der Waals surface area contributed by atoms with Gasteiger partial charge in [-0.25, -0.2) is 0 Å². The van der Waals surface area contributed by atoms with Crippen molar-refractivity contribution in [1.29, 1.82) is 0 Å². The standard InChI is InChI=1S/C15H22N2O4/c1-10(19)16-7-12-14(20)15(21)13(9-18)17(12)8-11-5-3-2-4-6-11/h2-6,12-15,18,20-21H,7-9H2,1H3,(H,16,19). The van der Waals surface area contributed by atoms with E-state index in [2.05, 4.69) is 5.32 Å². The van der Waals surface area contributed by atoms with Crippen LogP contribution in [0.2, 0.25) is 0 Å². The van der Waals surface area contributed by atoms with Gasteiger partial charge in [-0.1, -0.05) is 30.3 Å². The average Bonchev–Trinajstić information content (AvgIpc) is 2.69. The summed E-state index contributed by atoms with van der Waals surface area (Å²) in [4.78, 5) is 12.9. The Hall–Kier alpha value is -1.47. The second kappa shape index (κ2) is 7.00. The first-order chi connectivity index (χ1) is 10.0. The zero-order valence-corrected chi connectivity index (χ0v) is 12.0. The number of likely N-dealkylation sites (tertiary alicyclic amines) is 1. The minimum Gasteiger partial charge on any atom is -0.395 e. The van der Waals surface area contributed by atoms with Gasteiger partial charge in [0, 0.05) is 20.0 Å². The fourth-order valence-corrected chi connectivity index (χ4v) is 2.82. The van der Waals surface area contributed by atoms with Crippen LogP contribution in [0, 0.1) is 0 Å². The van der Waals surface area contributed by atoms with E-state index in [1.807, 2.05) is 35.2 Å². The number of hydrogen-bond donors (Lipinski definition) is 4. The maximum Gasteiger partial charge on any atom is 0.216 e. The van der Waals surface area contributed by atoms with Crippen LogP contribution in [0.4, 0.5) is 0 Å². The molecule has 21 heavy (non-hydrogen) atoms. The normalized spacial score (nSPS) is 29.5. The number of carbonyl (C=O) groups is 1. The van der Waals surface area contributed by atoms with Crippen LogP contribution in [0.1, 0.15) is 12.5 Å². The van der Waals surface area contributed by atoms with Gasteiger partial charge in [-0.3, -0.25) is 9.69 Å². The molecule has 0 aromatic heterocycles. The number of aliphatic hydroxyl groups is 3. The lowest BCUT2D eigenvalue weighted by Gasteiger charge is -2.29. The zero-order chi connectivity index (χ0) is 15.4. The average molecular weight is 294 g/mol. The first-order valence-electron chi connectivity index (χ1n) is 7.05. The molecule has 1 aromatic carbocycles. The van der Waals surface area contributed by atoms with Crippen molar-refractivity contribution in [3.05, 3.63) is 35.9 Å². The monoisotopic (exact) mass is 294 g/mol. The molecule has 1 aromatic rings. The van der Waals surface area contributed by atoms with Gasteiger partial charge in [-0.2, -0.15) is 0 Å². The third-order valence-electron chi connectivity index (χ3n) is 3.95. The first-order valence-corrected chi connectivity index (χ1v) is 7.05. The number of rotatable bonds is 5. The summed E-state index contributed by atoms with van der Waals surface area (Å²) in [6, 6.07) is 8.65. The molecular weight excluding hydrogens is 272 g/mol. The van der Waals surface area contributed by atoms with Gasteiger partial charge in [0.1, 0.15) is 0 Å². The SMILES string of the molecule is CC(=O)NCC1C(O)C(O)C(CO)N1Cc1ccccc1. The van der Waals surface area contributed by atoms with E-state index < -0.39 is 24.3 Å². The molecule has 1 fully saturated rings. The lowest BCUT2D eigenvalue weighted by molar-refractivity contribution is -0.119. The largest absolute Gasteiger partial charge is 0.395 e. The van der Waals surface area contributed by atoms with E-state index in [-0.39, 0.29) is 19.1 Å². The number of carbonyl (C=O) groups excluding carboxylic acids is 1. The van der Waals surface area contributed by atoms with E-state index >= 15 is 0 Å². The maximum atomic E-state index is 11.1. The van der Waals surface area contributed by atoms with Crippen LogP contribution < -0.4 is 5.32 Å². The summed E-state index contributed by atoms with van der Waals surface area (Å²) in [5.74, 6) is -0.191. The summed E-state index contributed by atoms with van der Waals surface area (Å²) in [5, 5.41) is 32.4. The number of amides is 1. The molecule has 4 N–H and O–H groups in total. The number of benzene rings is 1. The molecule has 1 amide bonds. The van der Waals surface area contributed by atoms with Crippen molar-refractivity contribution in [2.24, 2.45) is 0 Å². The van der Waals surface area contributed by atoms with E-state index in [1.165, 1.54) is 6.92 Å². The molecule has 4 unspecified atom stereocenters. The molecule has 1 aliphatic heterocycles. The molecule has 6 nitrogen and oxygen atoms in total. The van der Waals surface area contributed by atoms with Crippen LogP contribution in [0.25, 0.3) is 0 Å². The lowest BCUT2D eigenvalue weighted by atomic mass is 10.1. The van der Waals surface area contributed by atoms with E-state index in [1.54, 1.807) is 0 Å². The highest BCUT2D eigenvalue weighted by molar-refractivity contribution is 5.72. The maximum absolute atomic E-state index is 11.1. The Morgan fingerprint density at radius 1 is 1.19 bits per heavy atom. The van der Waals surface area contributed by atoms with Gasteiger partial charge in [0.15, 0.2) is 0 Å². The Balaban J connectivity index is 2.16. The highest BCUT2D eigenvalue weighted by atomic mass is 16.3. The minimum absolute atomic E-state index is 0.191. The van der Waals surface area contributed by atoms with Crippen LogP contribution in [0.3, 0.4) is 0 Å². The molecule has 1 aliphatic rings. The Kier molecular flexibility index (Phi) is 5.30. The number of nitrogens with one attached hydrogen (secondary N) is 1. The highest BCUT2D eigenvalue weighted by Crippen LogP contribution is 2.27. The molecule has 0 saturated carbocycles. The van der Waals surface area contributed by atoms with Crippen LogP contribution in [-0.4, -0.2) is 63.6 Å². The topological polar surface area (TPSA) is 93.0 Å². The van der Waals surface area contributed by atoms with Crippen LogP contribution in [-0.2, 0) is 11.3 Å². The third kappa shape index (κ3) is 3.59. The van der Waals surface area contributed by atoms with Gasteiger partial charge in [0.05, 0.1) is 30.9 Å². The van der Waals surface area contributed by atoms with Crippen molar-refractivity contribution in [3.8, 4) is 0 Å². The molecule has 116 valence electrons. The van der Waals surface area contributed by atoms with Gasteiger partial charge in [0.2, 0.25) is 5.91 Å². The van der Waals surface area contributed by atoms with Crippen molar-refractivity contribution in [2.45, 2.75) is 37.8 Å². The van der Waals surface area contributed by atoms with Crippen molar-refractivity contribution in [2.75, 3.05) is 13.2 Å². The molecule has 0 bridgehead atoms. The number of hydrogen-bond acceptors (Lipinski definition) is 5. The van der Waals surface area contributed by atoms with Gasteiger partial charge in [-0.15, -0.1) is 0 Å². The summed E-state index contributed by atoms with van der Waals surface area (Å²) in [5.41, 5.74) is 1.02. The fourth-order valence-electron chi connectivity index (χ4n) is 2.82. The van der Waals surface area contributed by atoms with E-state index in [0.29, 0.717) is 6.54 Å². The minimum atomic E-state index is -1.03. The van der Waals surface area contributed by atoms with Gasteiger partial charge >= 0.3 is 0 Å². The Morgan fingerprint density at radius 2 is 1.81 bits per heavy atom. The Labute approximate surface area is 124 Å². The second-order valence-corrected chi connectivity index (χ2v) is 5.39. The van der Waals surface area contributed by atoms with Crippen LogP contribution in [0.15, 0.2) is 30.3 Å². The zero-order valence-electron chi connectivity index (χ0n) is 12.0. The van der Waals surface area contributed by atoms with Gasteiger partial charge in [0.25, 0.3) is 0 Å². The Bertz CT molecular complexity index is 468. The van der Waals surface area contributed by atoms with Crippen molar-refractivity contribution in [1.82, 2.24) is 10.2 Å². The summed E-state index contributed by atoms with van der Waals surface area (Å²) in [6.45, 7) is 1.88. The van der Waals surface area contributed by atoms with Crippen molar-refractivity contribution >= 4 is 5.91 Å². The number of aliphatic hydroxyl groups excluding tert-OH is 3. The quantitative estimate of drug-likeness (QED) is 0.564. The summed E-state index contributed by atoms with van der Waals surface area (Å²) >= 11 is 0. The van der Waals surface area contributed by atoms with E-state index in [4.69, 9.17) is 0 Å². The molecule has 6 heteroatoms. The smallest absolute Gasteiger partial charge is 0.216 e. The summed E-state index contributed by atoms with van der Waals surface area (Å²) < 4.78 is 0. The number of nitrogens with zero attached hydrogens (tertiary/aromatic N) is 1.